The van der Waals surface area contributed by atoms with Crippen LogP contribution < -0.4 is 0 Å². The van der Waals surface area contributed by atoms with Crippen molar-refractivity contribution in [3.05, 3.63) is 64.0 Å². The fourth-order valence-corrected chi connectivity index (χ4v) is 5.19. The summed E-state index contributed by atoms with van der Waals surface area (Å²) in [4.78, 5) is 2.63. The molecule has 0 amide bonds. The fourth-order valence-electron chi connectivity index (χ4n) is 4.53. The van der Waals surface area contributed by atoms with Crippen LogP contribution in [0.15, 0.2) is 47.2 Å². The SMILES string of the molecule is Cn1nc(-c2ccccc2)c2c1C[C@H]1CN(Cc3ccsc3)C[C@@H]21. The average Bonchev–Trinajstić information content (AvgIpc) is 3.33. The number of likely N-dealkylation sites (tertiary alicyclic amines) is 1. The molecule has 5 rings (SSSR count). The van der Waals surface area contributed by atoms with Gasteiger partial charge in [0.05, 0.1) is 5.69 Å². The van der Waals surface area contributed by atoms with Gasteiger partial charge in [0.25, 0.3) is 0 Å². The minimum atomic E-state index is 0.641. The molecule has 24 heavy (non-hydrogen) atoms. The second-order valence-electron chi connectivity index (χ2n) is 7.09. The molecule has 0 saturated carbocycles. The average molecular weight is 335 g/mol. The Bertz CT molecular complexity index is 851. The monoisotopic (exact) mass is 335 g/mol. The first kappa shape index (κ1) is 14.4. The lowest BCUT2D eigenvalue weighted by molar-refractivity contribution is 0.313. The van der Waals surface area contributed by atoms with Gasteiger partial charge in [-0.05, 0) is 34.7 Å². The molecule has 3 heterocycles. The van der Waals surface area contributed by atoms with Gasteiger partial charge in [-0.3, -0.25) is 9.58 Å². The Morgan fingerprint density at radius 3 is 2.83 bits per heavy atom. The topological polar surface area (TPSA) is 21.1 Å². The third-order valence-electron chi connectivity index (χ3n) is 5.58. The van der Waals surface area contributed by atoms with Crippen LogP contribution in [-0.2, 0) is 20.0 Å². The molecular weight excluding hydrogens is 314 g/mol. The molecule has 0 radical (unpaired) electrons. The minimum absolute atomic E-state index is 0.641. The number of nitrogens with zero attached hydrogens (tertiary/aromatic N) is 3. The maximum Gasteiger partial charge on any atom is 0.0961 e. The largest absolute Gasteiger partial charge is 0.298 e. The van der Waals surface area contributed by atoms with Crippen LogP contribution in [-0.4, -0.2) is 27.8 Å². The molecule has 1 aliphatic carbocycles. The van der Waals surface area contributed by atoms with Crippen LogP contribution in [0.2, 0.25) is 0 Å². The van der Waals surface area contributed by atoms with E-state index in [4.69, 9.17) is 5.10 Å². The van der Waals surface area contributed by atoms with Crippen molar-refractivity contribution < 1.29 is 0 Å². The van der Waals surface area contributed by atoms with Gasteiger partial charge in [0, 0.05) is 49.4 Å². The number of fused-ring (bicyclic) bond motifs is 3. The van der Waals surface area contributed by atoms with E-state index in [1.807, 2.05) is 0 Å². The van der Waals surface area contributed by atoms with E-state index >= 15 is 0 Å². The molecule has 0 N–H and O–H groups in total. The van der Waals surface area contributed by atoms with E-state index in [0.717, 1.165) is 12.5 Å². The van der Waals surface area contributed by atoms with Gasteiger partial charge in [-0.15, -0.1) is 0 Å². The minimum Gasteiger partial charge on any atom is -0.298 e. The first-order chi connectivity index (χ1) is 11.8. The van der Waals surface area contributed by atoms with Gasteiger partial charge in [-0.25, -0.2) is 0 Å². The number of hydrogen-bond donors (Lipinski definition) is 0. The highest BCUT2D eigenvalue weighted by Crippen LogP contribution is 2.47. The Hall–Kier alpha value is -1.91. The normalized spacial score (nSPS) is 22.7. The predicted octanol–water partition coefficient (Wildman–Crippen LogP) is 3.92. The molecule has 1 saturated heterocycles. The number of hydrogen-bond acceptors (Lipinski definition) is 3. The second kappa shape index (κ2) is 5.57. The van der Waals surface area contributed by atoms with Gasteiger partial charge in [0.1, 0.15) is 0 Å². The van der Waals surface area contributed by atoms with E-state index in [0.29, 0.717) is 5.92 Å². The standard InChI is InChI=1S/C20H21N3S/c1-22-18-9-16-11-23(10-14-7-8-24-13-14)12-17(16)19(18)20(21-22)15-5-3-2-4-6-15/h2-8,13,16-17H,9-12H2,1H3/t16-,17+/m0/s1. The summed E-state index contributed by atoms with van der Waals surface area (Å²) in [7, 11) is 2.11. The van der Waals surface area contributed by atoms with Crippen molar-refractivity contribution in [2.45, 2.75) is 18.9 Å². The highest BCUT2D eigenvalue weighted by molar-refractivity contribution is 7.07. The maximum atomic E-state index is 4.86. The molecule has 2 aliphatic rings. The molecule has 4 heteroatoms. The lowest BCUT2D eigenvalue weighted by atomic mass is 9.94. The van der Waals surface area contributed by atoms with Crippen LogP contribution in [0.5, 0.6) is 0 Å². The molecule has 3 aromatic rings. The van der Waals surface area contributed by atoms with Crippen LogP contribution >= 0.6 is 11.3 Å². The summed E-state index contributed by atoms with van der Waals surface area (Å²) in [6.07, 6.45) is 1.18. The Balaban J connectivity index is 1.47. The van der Waals surface area contributed by atoms with E-state index in [1.54, 1.807) is 11.3 Å². The summed E-state index contributed by atoms with van der Waals surface area (Å²) >= 11 is 1.80. The van der Waals surface area contributed by atoms with E-state index in [-0.39, 0.29) is 0 Å². The number of thiophene rings is 1. The van der Waals surface area contributed by atoms with Crippen molar-refractivity contribution >= 4 is 11.3 Å². The first-order valence-corrected chi connectivity index (χ1v) is 9.58. The van der Waals surface area contributed by atoms with E-state index in [9.17, 15) is 0 Å². The van der Waals surface area contributed by atoms with Gasteiger partial charge >= 0.3 is 0 Å². The number of rotatable bonds is 3. The van der Waals surface area contributed by atoms with Crippen molar-refractivity contribution in [1.82, 2.24) is 14.7 Å². The van der Waals surface area contributed by atoms with Crippen molar-refractivity contribution in [2.75, 3.05) is 13.1 Å². The highest BCUT2D eigenvalue weighted by Gasteiger charge is 2.43. The third-order valence-corrected chi connectivity index (χ3v) is 6.32. The molecule has 2 atom stereocenters. The predicted molar refractivity (Wildman–Crippen MR) is 98.2 cm³/mol. The molecule has 1 fully saturated rings. The number of benzene rings is 1. The Morgan fingerprint density at radius 1 is 1.17 bits per heavy atom. The molecule has 1 aliphatic heterocycles. The van der Waals surface area contributed by atoms with Gasteiger partial charge in [0.15, 0.2) is 0 Å². The summed E-state index contributed by atoms with van der Waals surface area (Å²) in [5.74, 6) is 1.40. The van der Waals surface area contributed by atoms with Gasteiger partial charge in [-0.2, -0.15) is 16.4 Å². The van der Waals surface area contributed by atoms with Crippen molar-refractivity contribution in [3.63, 3.8) is 0 Å². The zero-order valence-electron chi connectivity index (χ0n) is 13.9. The molecule has 2 aromatic heterocycles. The molecule has 1 aromatic carbocycles. The van der Waals surface area contributed by atoms with Crippen molar-refractivity contribution in [2.24, 2.45) is 13.0 Å². The van der Waals surface area contributed by atoms with E-state index in [1.165, 1.54) is 47.6 Å². The zero-order chi connectivity index (χ0) is 16.1. The second-order valence-corrected chi connectivity index (χ2v) is 7.88. The number of aromatic nitrogens is 2. The smallest absolute Gasteiger partial charge is 0.0961 e. The van der Waals surface area contributed by atoms with Crippen LogP contribution in [0.3, 0.4) is 0 Å². The molecule has 0 unspecified atom stereocenters. The lowest BCUT2D eigenvalue weighted by Crippen LogP contribution is -2.21. The van der Waals surface area contributed by atoms with Crippen molar-refractivity contribution in [1.29, 1.82) is 0 Å². The lowest BCUT2D eigenvalue weighted by Gasteiger charge is -2.16. The summed E-state index contributed by atoms with van der Waals surface area (Å²) < 4.78 is 2.12. The number of aryl methyl sites for hydroxylation is 1. The van der Waals surface area contributed by atoms with Gasteiger partial charge < -0.3 is 0 Å². The van der Waals surface area contributed by atoms with Gasteiger partial charge in [0.2, 0.25) is 0 Å². The Morgan fingerprint density at radius 2 is 2.04 bits per heavy atom. The summed E-state index contributed by atoms with van der Waals surface area (Å²) in [5.41, 5.74) is 6.89. The summed E-state index contributed by atoms with van der Waals surface area (Å²) in [6.45, 7) is 3.47. The fraction of sp³-hybridized carbons (Fsp3) is 0.350. The van der Waals surface area contributed by atoms with Crippen LogP contribution in [0.4, 0.5) is 0 Å². The summed E-state index contributed by atoms with van der Waals surface area (Å²) in [6, 6.07) is 12.9. The van der Waals surface area contributed by atoms with Crippen LogP contribution in [0.25, 0.3) is 11.3 Å². The Labute approximate surface area is 146 Å². The highest BCUT2D eigenvalue weighted by atomic mass is 32.1. The van der Waals surface area contributed by atoms with Crippen molar-refractivity contribution in [3.8, 4) is 11.3 Å². The molecule has 3 nitrogen and oxygen atoms in total. The van der Waals surface area contributed by atoms with Crippen LogP contribution in [0.1, 0.15) is 22.7 Å². The summed E-state index contributed by atoms with van der Waals surface area (Å²) in [5, 5.41) is 9.32. The van der Waals surface area contributed by atoms with E-state index < -0.39 is 0 Å². The zero-order valence-corrected chi connectivity index (χ0v) is 14.7. The molecule has 0 spiro atoms. The molecule has 0 bridgehead atoms. The quantitative estimate of drug-likeness (QED) is 0.723. The third kappa shape index (κ3) is 2.25. The Kier molecular flexibility index (Phi) is 3.35. The van der Waals surface area contributed by atoms with Gasteiger partial charge in [-0.1, -0.05) is 30.3 Å². The van der Waals surface area contributed by atoms with Crippen LogP contribution in [0, 0.1) is 5.92 Å². The maximum absolute atomic E-state index is 4.86. The first-order valence-electron chi connectivity index (χ1n) is 8.64. The van der Waals surface area contributed by atoms with E-state index in [2.05, 4.69) is 63.8 Å². The molecular formula is C20H21N3S. The molecule has 122 valence electrons.